The molecule has 0 spiro atoms. The highest BCUT2D eigenvalue weighted by Crippen LogP contribution is 2.30. The molecule has 0 fully saturated rings. The lowest BCUT2D eigenvalue weighted by Crippen LogP contribution is -2.46. The van der Waals surface area contributed by atoms with E-state index in [1.165, 1.54) is 5.56 Å². The molecule has 0 bridgehead atoms. The van der Waals surface area contributed by atoms with E-state index in [9.17, 15) is 4.79 Å². The van der Waals surface area contributed by atoms with Crippen LogP contribution in [-0.2, 0) is 6.42 Å². The van der Waals surface area contributed by atoms with Crippen LogP contribution in [0.25, 0.3) is 0 Å². The second kappa shape index (κ2) is 8.42. The monoisotopic (exact) mass is 340 g/mol. The van der Waals surface area contributed by atoms with Gasteiger partial charge in [-0.2, -0.15) is 0 Å². The Morgan fingerprint density at radius 1 is 1.12 bits per heavy atom. The zero-order valence-electron chi connectivity index (χ0n) is 14.4. The first-order valence-electron chi connectivity index (χ1n) is 8.67. The molecule has 2 aromatic rings. The van der Waals surface area contributed by atoms with Gasteiger partial charge in [0.1, 0.15) is 6.61 Å². The molecule has 2 unspecified atom stereocenters. The van der Waals surface area contributed by atoms with Crippen molar-refractivity contribution in [3.63, 3.8) is 0 Å². The van der Waals surface area contributed by atoms with Crippen LogP contribution in [0.1, 0.15) is 18.9 Å². The fraction of sp³-hybridized carbons (Fsp3) is 0.350. The quantitative estimate of drug-likeness (QED) is 0.849. The zero-order chi connectivity index (χ0) is 17.5. The lowest BCUT2D eigenvalue weighted by Gasteiger charge is -2.26. The Morgan fingerprint density at radius 2 is 1.84 bits per heavy atom. The molecule has 2 amide bonds. The van der Waals surface area contributed by atoms with Gasteiger partial charge in [-0.05, 0) is 37.5 Å². The number of carbonyl (C=O) groups is 1. The Balaban J connectivity index is 1.37. The first-order chi connectivity index (χ1) is 12.2. The molecule has 1 aliphatic heterocycles. The summed E-state index contributed by atoms with van der Waals surface area (Å²) >= 11 is 0. The first-order valence-corrected chi connectivity index (χ1v) is 8.67. The number of amides is 2. The summed E-state index contributed by atoms with van der Waals surface area (Å²) in [5, 5.41) is 5.82. The van der Waals surface area contributed by atoms with Gasteiger partial charge in [0.15, 0.2) is 17.6 Å². The van der Waals surface area contributed by atoms with Crippen molar-refractivity contribution in [1.29, 1.82) is 0 Å². The van der Waals surface area contributed by atoms with Gasteiger partial charge in [0, 0.05) is 6.04 Å². The van der Waals surface area contributed by atoms with Crippen molar-refractivity contribution in [2.24, 2.45) is 0 Å². The summed E-state index contributed by atoms with van der Waals surface area (Å²) in [7, 11) is 0. The molecule has 0 radical (unpaired) electrons. The normalized spacial score (nSPS) is 16.8. The number of fused-ring (bicyclic) bond motifs is 1. The molecule has 25 heavy (non-hydrogen) atoms. The van der Waals surface area contributed by atoms with Gasteiger partial charge in [-0.3, -0.25) is 0 Å². The standard InChI is InChI=1S/C20H24N2O3/c1-15(11-12-16-7-3-2-4-8-16)22-20(23)21-13-17-14-24-18-9-5-6-10-19(18)25-17/h2-10,15,17H,11-14H2,1H3,(H2,21,22,23). The molecule has 3 rings (SSSR count). The minimum atomic E-state index is -0.180. The number of benzene rings is 2. The molecule has 2 N–H and O–H groups in total. The summed E-state index contributed by atoms with van der Waals surface area (Å²) in [6.45, 7) is 2.85. The third-order valence-corrected chi connectivity index (χ3v) is 4.14. The van der Waals surface area contributed by atoms with E-state index in [4.69, 9.17) is 9.47 Å². The number of urea groups is 1. The van der Waals surface area contributed by atoms with Crippen LogP contribution in [0.4, 0.5) is 4.79 Å². The van der Waals surface area contributed by atoms with Crippen LogP contribution in [0.5, 0.6) is 11.5 Å². The smallest absolute Gasteiger partial charge is 0.315 e. The van der Waals surface area contributed by atoms with Gasteiger partial charge in [0.05, 0.1) is 6.54 Å². The third-order valence-electron chi connectivity index (χ3n) is 4.14. The fourth-order valence-electron chi connectivity index (χ4n) is 2.75. The molecule has 1 aliphatic rings. The number of para-hydroxylation sites is 2. The average molecular weight is 340 g/mol. The average Bonchev–Trinajstić information content (AvgIpc) is 2.65. The Hall–Kier alpha value is -2.69. The van der Waals surface area contributed by atoms with E-state index in [-0.39, 0.29) is 18.2 Å². The van der Waals surface area contributed by atoms with Crippen LogP contribution in [0.3, 0.4) is 0 Å². The van der Waals surface area contributed by atoms with Crippen LogP contribution in [0, 0.1) is 0 Å². The van der Waals surface area contributed by atoms with Gasteiger partial charge in [-0.25, -0.2) is 4.79 Å². The summed E-state index contributed by atoms with van der Waals surface area (Å²) in [5.74, 6) is 1.47. The van der Waals surface area contributed by atoms with E-state index in [1.54, 1.807) is 0 Å². The van der Waals surface area contributed by atoms with Crippen LogP contribution in [0.2, 0.25) is 0 Å². The second-order valence-corrected chi connectivity index (χ2v) is 6.28. The van der Waals surface area contributed by atoms with Crippen LogP contribution >= 0.6 is 0 Å². The van der Waals surface area contributed by atoms with Gasteiger partial charge in [0.2, 0.25) is 0 Å². The van der Waals surface area contributed by atoms with Crippen molar-refractivity contribution in [2.75, 3.05) is 13.2 Å². The van der Waals surface area contributed by atoms with Crippen molar-refractivity contribution >= 4 is 6.03 Å². The van der Waals surface area contributed by atoms with E-state index in [2.05, 4.69) is 22.8 Å². The number of carbonyl (C=O) groups excluding carboxylic acids is 1. The van der Waals surface area contributed by atoms with E-state index in [0.29, 0.717) is 13.2 Å². The van der Waals surface area contributed by atoms with E-state index >= 15 is 0 Å². The predicted octanol–water partition coefficient (Wildman–Crippen LogP) is 3.15. The molecular formula is C20H24N2O3. The highest BCUT2D eigenvalue weighted by Gasteiger charge is 2.21. The summed E-state index contributed by atoms with van der Waals surface area (Å²) in [6, 6.07) is 17.8. The number of hydrogen-bond donors (Lipinski definition) is 2. The van der Waals surface area contributed by atoms with E-state index in [0.717, 1.165) is 24.3 Å². The highest BCUT2D eigenvalue weighted by molar-refractivity contribution is 5.74. The Morgan fingerprint density at radius 3 is 2.64 bits per heavy atom. The topological polar surface area (TPSA) is 59.6 Å². The molecule has 2 atom stereocenters. The van der Waals surface area contributed by atoms with Gasteiger partial charge in [0.25, 0.3) is 0 Å². The molecule has 5 nitrogen and oxygen atoms in total. The molecule has 0 aromatic heterocycles. The van der Waals surface area contributed by atoms with Gasteiger partial charge >= 0.3 is 6.03 Å². The second-order valence-electron chi connectivity index (χ2n) is 6.28. The Labute approximate surface area is 148 Å². The molecule has 2 aromatic carbocycles. The SMILES string of the molecule is CC(CCc1ccccc1)NC(=O)NCC1COc2ccccc2O1. The maximum absolute atomic E-state index is 12.0. The van der Waals surface area contributed by atoms with Crippen molar-refractivity contribution in [1.82, 2.24) is 10.6 Å². The summed E-state index contributed by atoms with van der Waals surface area (Å²) in [4.78, 5) is 12.0. The molecule has 0 saturated carbocycles. The van der Waals surface area contributed by atoms with Gasteiger partial charge < -0.3 is 20.1 Å². The number of ether oxygens (including phenoxy) is 2. The van der Waals surface area contributed by atoms with Crippen LogP contribution in [0.15, 0.2) is 54.6 Å². The van der Waals surface area contributed by atoms with Crippen molar-refractivity contribution < 1.29 is 14.3 Å². The summed E-state index contributed by atoms with van der Waals surface area (Å²) in [6.07, 6.45) is 1.66. The maximum atomic E-state index is 12.0. The first kappa shape index (κ1) is 17.1. The summed E-state index contributed by atoms with van der Waals surface area (Å²) < 4.78 is 11.5. The molecule has 132 valence electrons. The van der Waals surface area contributed by atoms with Gasteiger partial charge in [-0.1, -0.05) is 42.5 Å². The van der Waals surface area contributed by atoms with E-state index < -0.39 is 0 Å². The van der Waals surface area contributed by atoms with Gasteiger partial charge in [-0.15, -0.1) is 0 Å². The maximum Gasteiger partial charge on any atom is 0.315 e. The Bertz CT molecular complexity index is 690. The molecule has 1 heterocycles. The van der Waals surface area contributed by atoms with Crippen molar-refractivity contribution in [3.8, 4) is 11.5 Å². The number of hydrogen-bond acceptors (Lipinski definition) is 3. The highest BCUT2D eigenvalue weighted by atomic mass is 16.6. The summed E-state index contributed by atoms with van der Waals surface area (Å²) in [5.41, 5.74) is 1.28. The molecule has 0 aliphatic carbocycles. The third kappa shape index (κ3) is 5.14. The van der Waals surface area contributed by atoms with Crippen molar-refractivity contribution in [3.05, 3.63) is 60.2 Å². The molecule has 0 saturated heterocycles. The molecular weight excluding hydrogens is 316 g/mol. The van der Waals surface area contributed by atoms with E-state index in [1.807, 2.05) is 49.4 Å². The minimum Gasteiger partial charge on any atom is -0.486 e. The van der Waals surface area contributed by atoms with Crippen LogP contribution in [-0.4, -0.2) is 31.3 Å². The fourth-order valence-corrected chi connectivity index (χ4v) is 2.75. The Kier molecular flexibility index (Phi) is 5.77. The predicted molar refractivity (Wildman–Crippen MR) is 97.1 cm³/mol. The lowest BCUT2D eigenvalue weighted by atomic mass is 10.1. The zero-order valence-corrected chi connectivity index (χ0v) is 14.4. The largest absolute Gasteiger partial charge is 0.486 e. The van der Waals surface area contributed by atoms with Crippen LogP contribution < -0.4 is 20.1 Å². The van der Waals surface area contributed by atoms with Crippen molar-refractivity contribution in [2.45, 2.75) is 31.9 Å². The molecule has 5 heteroatoms. The lowest BCUT2D eigenvalue weighted by molar-refractivity contribution is 0.0917. The number of aryl methyl sites for hydroxylation is 1. The number of rotatable bonds is 6. The minimum absolute atomic E-state index is 0.101. The number of nitrogens with one attached hydrogen (secondary N) is 2.